The van der Waals surface area contributed by atoms with Crippen molar-refractivity contribution in [1.82, 2.24) is 4.90 Å². The number of hydrogen-bond acceptors (Lipinski definition) is 6. The van der Waals surface area contributed by atoms with E-state index in [4.69, 9.17) is 9.84 Å². The molecule has 1 aliphatic heterocycles. The number of benzene rings is 2. The molecule has 1 atom stereocenters. The summed E-state index contributed by atoms with van der Waals surface area (Å²) in [6, 6.07) is 13.2. The molecule has 0 aromatic heterocycles. The average molecular weight is 442 g/mol. The van der Waals surface area contributed by atoms with E-state index in [0.717, 1.165) is 5.75 Å². The van der Waals surface area contributed by atoms with Gasteiger partial charge in [0.15, 0.2) is 5.17 Å². The van der Waals surface area contributed by atoms with Gasteiger partial charge in [-0.1, -0.05) is 17.8 Å². The Morgan fingerprint density at radius 1 is 1.19 bits per heavy atom. The van der Waals surface area contributed by atoms with Crippen LogP contribution in [0.5, 0.6) is 5.75 Å². The minimum Gasteiger partial charge on any atom is -0.494 e. The Labute approximate surface area is 184 Å². The van der Waals surface area contributed by atoms with E-state index in [2.05, 4.69) is 10.3 Å². The van der Waals surface area contributed by atoms with Crippen molar-refractivity contribution in [2.45, 2.75) is 25.5 Å². The van der Waals surface area contributed by atoms with Gasteiger partial charge in [-0.15, -0.1) is 0 Å². The summed E-state index contributed by atoms with van der Waals surface area (Å²) in [5, 5.41) is 11.7. The molecule has 2 aromatic rings. The number of hydrogen-bond donors (Lipinski definition) is 2. The lowest BCUT2D eigenvalue weighted by Gasteiger charge is -2.13. The van der Waals surface area contributed by atoms with Crippen molar-refractivity contribution in [2.75, 3.05) is 18.5 Å². The highest BCUT2D eigenvalue weighted by atomic mass is 32.2. The Morgan fingerprint density at radius 3 is 2.58 bits per heavy atom. The molecule has 2 aromatic carbocycles. The highest BCUT2D eigenvalue weighted by Crippen LogP contribution is 2.32. The Balaban J connectivity index is 1.68. The first-order chi connectivity index (χ1) is 14.9. The maximum Gasteiger partial charge on any atom is 0.335 e. The van der Waals surface area contributed by atoms with Crippen molar-refractivity contribution >= 4 is 46.1 Å². The SMILES string of the molecule is CCOc1ccc(N=C2S[C@@H](CC(=O)Nc3cccc(C(=O)O)c3)C(=O)N2CC)cc1. The molecule has 1 fully saturated rings. The molecule has 1 heterocycles. The molecule has 1 aliphatic rings. The van der Waals surface area contributed by atoms with Crippen LogP contribution in [0.3, 0.4) is 0 Å². The number of nitrogens with one attached hydrogen (secondary N) is 1. The molecule has 0 unspecified atom stereocenters. The lowest BCUT2D eigenvalue weighted by molar-refractivity contribution is -0.128. The number of aliphatic imine (C=N–C) groups is 1. The van der Waals surface area contributed by atoms with Gasteiger partial charge in [0.1, 0.15) is 11.0 Å². The van der Waals surface area contributed by atoms with E-state index < -0.39 is 11.2 Å². The number of nitrogens with zero attached hydrogens (tertiary/aromatic N) is 2. The first-order valence-electron chi connectivity index (χ1n) is 9.84. The van der Waals surface area contributed by atoms with E-state index >= 15 is 0 Å². The summed E-state index contributed by atoms with van der Waals surface area (Å²) in [5.41, 5.74) is 1.13. The van der Waals surface area contributed by atoms with Crippen LogP contribution in [-0.2, 0) is 9.59 Å². The van der Waals surface area contributed by atoms with Crippen molar-refractivity contribution in [3.05, 3.63) is 54.1 Å². The third-order valence-electron chi connectivity index (χ3n) is 4.47. The van der Waals surface area contributed by atoms with Crippen LogP contribution in [-0.4, -0.2) is 51.4 Å². The molecule has 0 bridgehead atoms. The molecular weight excluding hydrogens is 418 g/mol. The second-order valence-corrected chi connectivity index (χ2v) is 7.82. The first-order valence-corrected chi connectivity index (χ1v) is 10.7. The maximum absolute atomic E-state index is 12.8. The largest absolute Gasteiger partial charge is 0.494 e. The quantitative estimate of drug-likeness (QED) is 0.646. The van der Waals surface area contributed by atoms with Crippen molar-refractivity contribution < 1.29 is 24.2 Å². The van der Waals surface area contributed by atoms with E-state index in [9.17, 15) is 14.4 Å². The van der Waals surface area contributed by atoms with Gasteiger partial charge in [-0.05, 0) is 56.3 Å². The molecule has 0 aliphatic carbocycles. The van der Waals surface area contributed by atoms with Crippen LogP contribution >= 0.6 is 11.8 Å². The molecule has 3 rings (SSSR count). The Bertz CT molecular complexity index is 1010. The average Bonchev–Trinajstić information content (AvgIpc) is 3.03. The van der Waals surface area contributed by atoms with Gasteiger partial charge in [0.05, 0.1) is 17.9 Å². The zero-order chi connectivity index (χ0) is 22.4. The number of ether oxygens (including phenoxy) is 1. The van der Waals surface area contributed by atoms with Crippen LogP contribution in [0.15, 0.2) is 53.5 Å². The lowest BCUT2D eigenvalue weighted by Crippen LogP contribution is -2.33. The molecule has 0 radical (unpaired) electrons. The van der Waals surface area contributed by atoms with Gasteiger partial charge >= 0.3 is 5.97 Å². The summed E-state index contributed by atoms with van der Waals surface area (Å²) >= 11 is 1.25. The molecule has 0 spiro atoms. The zero-order valence-corrected chi connectivity index (χ0v) is 18.0. The zero-order valence-electron chi connectivity index (χ0n) is 17.2. The van der Waals surface area contributed by atoms with Crippen LogP contribution in [0.25, 0.3) is 0 Å². The second-order valence-electron chi connectivity index (χ2n) is 6.65. The van der Waals surface area contributed by atoms with Crippen LogP contribution in [0.4, 0.5) is 11.4 Å². The Kier molecular flexibility index (Phi) is 7.30. The summed E-state index contributed by atoms with van der Waals surface area (Å²) < 4.78 is 5.43. The van der Waals surface area contributed by atoms with Gasteiger partial charge in [-0.25, -0.2) is 9.79 Å². The van der Waals surface area contributed by atoms with Crippen LogP contribution in [0, 0.1) is 0 Å². The standard InChI is InChI=1S/C22H23N3O5S/c1-3-25-20(27)18(13-19(26)23-16-7-5-6-14(12-16)21(28)29)31-22(25)24-15-8-10-17(11-9-15)30-4-2/h5-12,18H,3-4,13H2,1-2H3,(H,23,26)(H,28,29)/t18-/m0/s1. The van der Waals surface area contributed by atoms with Crippen molar-refractivity contribution in [3.63, 3.8) is 0 Å². The fraction of sp³-hybridized carbons (Fsp3) is 0.273. The number of carbonyl (C=O) groups excluding carboxylic acids is 2. The fourth-order valence-electron chi connectivity index (χ4n) is 3.02. The maximum atomic E-state index is 12.8. The number of thioether (sulfide) groups is 1. The molecular formula is C22H23N3O5S. The number of carboxylic acids is 1. The van der Waals surface area contributed by atoms with Crippen LogP contribution in [0.1, 0.15) is 30.6 Å². The Morgan fingerprint density at radius 2 is 1.94 bits per heavy atom. The number of amides is 2. The molecule has 2 amide bonds. The minimum absolute atomic E-state index is 0.0421. The summed E-state index contributed by atoms with van der Waals surface area (Å²) in [6.45, 7) is 4.78. The number of amidine groups is 1. The van der Waals surface area contributed by atoms with Crippen LogP contribution in [0.2, 0.25) is 0 Å². The van der Waals surface area contributed by atoms with Gasteiger partial charge in [-0.2, -0.15) is 0 Å². The predicted molar refractivity (Wildman–Crippen MR) is 120 cm³/mol. The summed E-state index contributed by atoms with van der Waals surface area (Å²) in [4.78, 5) is 42.4. The summed E-state index contributed by atoms with van der Waals surface area (Å²) in [5.74, 6) is -0.875. The lowest BCUT2D eigenvalue weighted by atomic mass is 10.2. The fourth-order valence-corrected chi connectivity index (χ4v) is 4.24. The van der Waals surface area contributed by atoms with E-state index in [1.54, 1.807) is 17.0 Å². The van der Waals surface area contributed by atoms with E-state index in [1.165, 1.54) is 23.9 Å². The van der Waals surface area contributed by atoms with Gasteiger partial charge in [0.25, 0.3) is 0 Å². The molecule has 9 heteroatoms. The number of carbonyl (C=O) groups is 3. The monoisotopic (exact) mass is 441 g/mol. The summed E-state index contributed by atoms with van der Waals surface area (Å²) in [6.07, 6.45) is -0.0421. The smallest absolute Gasteiger partial charge is 0.335 e. The second kappa shape index (κ2) is 10.1. The van der Waals surface area contributed by atoms with Gasteiger partial charge < -0.3 is 15.2 Å². The van der Waals surface area contributed by atoms with Crippen LogP contribution < -0.4 is 10.1 Å². The molecule has 162 valence electrons. The third-order valence-corrected chi connectivity index (χ3v) is 5.65. The van der Waals surface area contributed by atoms with Gasteiger partial charge in [-0.3, -0.25) is 14.5 Å². The summed E-state index contributed by atoms with van der Waals surface area (Å²) in [7, 11) is 0. The highest BCUT2D eigenvalue weighted by molar-refractivity contribution is 8.15. The molecule has 0 saturated carbocycles. The molecule has 8 nitrogen and oxygen atoms in total. The van der Waals surface area contributed by atoms with E-state index in [1.807, 2.05) is 38.1 Å². The predicted octanol–water partition coefficient (Wildman–Crippen LogP) is 3.76. The van der Waals surface area contributed by atoms with E-state index in [-0.39, 0.29) is 23.8 Å². The number of aromatic carboxylic acids is 1. The van der Waals surface area contributed by atoms with Crippen molar-refractivity contribution in [3.8, 4) is 5.75 Å². The Hall–Kier alpha value is -3.33. The highest BCUT2D eigenvalue weighted by Gasteiger charge is 2.38. The van der Waals surface area contributed by atoms with Gasteiger partial charge in [0.2, 0.25) is 11.8 Å². The van der Waals surface area contributed by atoms with E-state index in [0.29, 0.717) is 29.7 Å². The molecule has 2 N–H and O–H groups in total. The molecule has 1 saturated heterocycles. The van der Waals surface area contributed by atoms with Crippen molar-refractivity contribution in [1.29, 1.82) is 0 Å². The molecule has 31 heavy (non-hydrogen) atoms. The normalized spacial score (nSPS) is 17.1. The minimum atomic E-state index is -1.08. The van der Waals surface area contributed by atoms with Crippen molar-refractivity contribution in [2.24, 2.45) is 4.99 Å². The number of anilines is 1. The number of rotatable bonds is 8. The topological polar surface area (TPSA) is 108 Å². The first kappa shape index (κ1) is 22.4. The van der Waals surface area contributed by atoms with Gasteiger partial charge in [0, 0.05) is 18.7 Å². The number of carboxylic acid groups (broad SMARTS) is 1. The third kappa shape index (κ3) is 5.64.